The average Bonchev–Trinajstić information content (AvgIpc) is 2.46. The van der Waals surface area contributed by atoms with Gasteiger partial charge in [0.1, 0.15) is 5.75 Å². The number of para-hydroxylation sites is 1. The number of amides is 1. The van der Waals surface area contributed by atoms with Crippen LogP contribution in [0.15, 0.2) is 24.3 Å². The highest BCUT2D eigenvalue weighted by molar-refractivity contribution is 7.80. The van der Waals surface area contributed by atoms with Crippen molar-refractivity contribution in [2.45, 2.75) is 26.2 Å². The summed E-state index contributed by atoms with van der Waals surface area (Å²) in [6.45, 7) is 3.35. The Morgan fingerprint density at radius 3 is 2.65 bits per heavy atom. The van der Waals surface area contributed by atoms with E-state index in [-0.39, 0.29) is 5.91 Å². The zero-order valence-electron chi connectivity index (χ0n) is 12.1. The fourth-order valence-corrected chi connectivity index (χ4v) is 1.99. The molecule has 4 nitrogen and oxygen atoms in total. The fourth-order valence-electron chi connectivity index (χ4n) is 1.90. The zero-order valence-corrected chi connectivity index (χ0v) is 12.9. The fraction of sp³-hybridized carbons (Fsp3) is 0.467. The van der Waals surface area contributed by atoms with Gasteiger partial charge in [-0.1, -0.05) is 37.7 Å². The van der Waals surface area contributed by atoms with Crippen LogP contribution >= 0.6 is 12.2 Å². The Morgan fingerprint density at radius 2 is 2.05 bits per heavy atom. The number of rotatable bonds is 8. The molecule has 0 spiro atoms. The minimum Gasteiger partial charge on any atom is -0.496 e. The van der Waals surface area contributed by atoms with Crippen molar-refractivity contribution in [1.82, 2.24) is 4.90 Å². The molecule has 0 aliphatic carbocycles. The van der Waals surface area contributed by atoms with Crippen molar-refractivity contribution >= 4 is 23.1 Å². The standard InChI is InChI=1S/C15H22N2O2S/c1-3-4-10-17(11-9-14(16)20)15(18)12-7-5-6-8-13(12)19-2/h5-8H,3-4,9-11H2,1-2H3,(H2,16,20). The quantitative estimate of drug-likeness (QED) is 0.749. The lowest BCUT2D eigenvalue weighted by Crippen LogP contribution is -2.34. The van der Waals surface area contributed by atoms with E-state index in [2.05, 4.69) is 6.92 Å². The lowest BCUT2D eigenvalue weighted by molar-refractivity contribution is 0.0754. The highest BCUT2D eigenvalue weighted by Crippen LogP contribution is 2.19. The third kappa shape index (κ3) is 4.81. The number of unbranched alkanes of at least 4 members (excludes halogenated alkanes) is 1. The second-order valence-corrected chi connectivity index (χ2v) is 5.09. The van der Waals surface area contributed by atoms with Crippen molar-refractivity contribution in [2.75, 3.05) is 20.2 Å². The molecule has 2 N–H and O–H groups in total. The molecule has 1 aromatic carbocycles. The largest absolute Gasteiger partial charge is 0.496 e. The molecule has 20 heavy (non-hydrogen) atoms. The van der Waals surface area contributed by atoms with Crippen molar-refractivity contribution in [2.24, 2.45) is 5.73 Å². The molecule has 1 amide bonds. The van der Waals surface area contributed by atoms with E-state index >= 15 is 0 Å². The van der Waals surface area contributed by atoms with Gasteiger partial charge in [-0.25, -0.2) is 0 Å². The van der Waals surface area contributed by atoms with Crippen LogP contribution in [0, 0.1) is 0 Å². The molecule has 0 aromatic heterocycles. The summed E-state index contributed by atoms with van der Waals surface area (Å²) >= 11 is 4.89. The third-order valence-corrected chi connectivity index (χ3v) is 3.24. The van der Waals surface area contributed by atoms with Crippen LogP contribution in [0.2, 0.25) is 0 Å². The maximum absolute atomic E-state index is 12.6. The summed E-state index contributed by atoms with van der Waals surface area (Å²) in [6.07, 6.45) is 2.53. The minimum absolute atomic E-state index is 0.0350. The first-order valence-corrected chi connectivity index (χ1v) is 7.21. The van der Waals surface area contributed by atoms with Crippen LogP contribution < -0.4 is 10.5 Å². The number of nitrogens with zero attached hydrogens (tertiary/aromatic N) is 1. The number of carbonyl (C=O) groups is 1. The summed E-state index contributed by atoms with van der Waals surface area (Å²) in [5.74, 6) is 0.557. The van der Waals surface area contributed by atoms with Crippen LogP contribution in [-0.4, -0.2) is 36.0 Å². The smallest absolute Gasteiger partial charge is 0.257 e. The second kappa shape index (κ2) is 8.53. The maximum atomic E-state index is 12.6. The van der Waals surface area contributed by atoms with E-state index in [1.54, 1.807) is 24.1 Å². The lowest BCUT2D eigenvalue weighted by atomic mass is 10.1. The number of nitrogens with two attached hydrogens (primary N) is 1. The predicted octanol–water partition coefficient (Wildman–Crippen LogP) is 2.61. The zero-order chi connectivity index (χ0) is 15.0. The molecule has 0 saturated heterocycles. The van der Waals surface area contributed by atoms with Crippen LogP contribution in [0.1, 0.15) is 36.5 Å². The maximum Gasteiger partial charge on any atom is 0.257 e. The van der Waals surface area contributed by atoms with Crippen LogP contribution in [0.5, 0.6) is 5.75 Å². The molecule has 0 radical (unpaired) electrons. The van der Waals surface area contributed by atoms with Crippen molar-refractivity contribution in [1.29, 1.82) is 0 Å². The molecule has 0 fully saturated rings. The van der Waals surface area contributed by atoms with Gasteiger partial charge in [0, 0.05) is 19.5 Å². The minimum atomic E-state index is -0.0350. The molecule has 0 atom stereocenters. The van der Waals surface area contributed by atoms with Crippen LogP contribution in [0.4, 0.5) is 0 Å². The lowest BCUT2D eigenvalue weighted by Gasteiger charge is -2.23. The van der Waals surface area contributed by atoms with Crippen molar-refractivity contribution in [3.8, 4) is 5.75 Å². The SMILES string of the molecule is CCCCN(CCC(N)=S)C(=O)c1ccccc1OC. The molecule has 0 aliphatic rings. The topological polar surface area (TPSA) is 55.6 Å². The van der Waals surface area contributed by atoms with E-state index in [9.17, 15) is 4.79 Å². The Balaban J connectivity index is 2.87. The Bertz CT molecular complexity index is 463. The highest BCUT2D eigenvalue weighted by atomic mass is 32.1. The number of ether oxygens (including phenoxy) is 1. The molecular weight excluding hydrogens is 272 g/mol. The normalized spacial score (nSPS) is 10.1. The van der Waals surface area contributed by atoms with Gasteiger partial charge in [0.05, 0.1) is 17.7 Å². The molecule has 0 aliphatic heterocycles. The molecule has 1 aromatic rings. The van der Waals surface area contributed by atoms with Gasteiger partial charge >= 0.3 is 0 Å². The molecular formula is C15H22N2O2S. The molecule has 0 saturated carbocycles. The van der Waals surface area contributed by atoms with E-state index in [4.69, 9.17) is 22.7 Å². The van der Waals surface area contributed by atoms with Crippen molar-refractivity contribution in [3.05, 3.63) is 29.8 Å². The summed E-state index contributed by atoms with van der Waals surface area (Å²) in [5, 5.41) is 0. The third-order valence-electron chi connectivity index (χ3n) is 3.03. The van der Waals surface area contributed by atoms with Gasteiger partial charge < -0.3 is 15.4 Å². The number of benzene rings is 1. The molecule has 0 bridgehead atoms. The Labute approximate surface area is 125 Å². The number of hydrogen-bond acceptors (Lipinski definition) is 3. The van der Waals surface area contributed by atoms with Gasteiger partial charge in [-0.3, -0.25) is 4.79 Å². The van der Waals surface area contributed by atoms with Crippen molar-refractivity contribution in [3.63, 3.8) is 0 Å². The number of carbonyl (C=O) groups excluding carboxylic acids is 1. The molecule has 1 rings (SSSR count). The summed E-state index contributed by atoms with van der Waals surface area (Å²) in [7, 11) is 1.57. The second-order valence-electron chi connectivity index (χ2n) is 4.56. The highest BCUT2D eigenvalue weighted by Gasteiger charge is 2.18. The van der Waals surface area contributed by atoms with Crippen LogP contribution in [0.3, 0.4) is 0 Å². The first-order valence-electron chi connectivity index (χ1n) is 6.80. The molecule has 5 heteroatoms. The van der Waals surface area contributed by atoms with Crippen molar-refractivity contribution < 1.29 is 9.53 Å². The predicted molar refractivity (Wildman–Crippen MR) is 85.2 cm³/mol. The van der Waals surface area contributed by atoms with E-state index in [0.717, 1.165) is 12.8 Å². The van der Waals surface area contributed by atoms with Gasteiger partial charge in [-0.2, -0.15) is 0 Å². The Hall–Kier alpha value is -1.62. The Morgan fingerprint density at radius 1 is 1.35 bits per heavy atom. The molecule has 0 heterocycles. The summed E-state index contributed by atoms with van der Waals surface area (Å²) in [5.41, 5.74) is 6.11. The van der Waals surface area contributed by atoms with Crippen LogP contribution in [0.25, 0.3) is 0 Å². The van der Waals surface area contributed by atoms with E-state index in [1.165, 1.54) is 0 Å². The number of methoxy groups -OCH3 is 1. The van der Waals surface area contributed by atoms with Crippen LogP contribution in [-0.2, 0) is 0 Å². The van der Waals surface area contributed by atoms with E-state index in [0.29, 0.717) is 35.8 Å². The van der Waals surface area contributed by atoms with Gasteiger partial charge in [-0.05, 0) is 18.6 Å². The molecule has 0 unspecified atom stereocenters. The first-order chi connectivity index (χ1) is 9.60. The summed E-state index contributed by atoms with van der Waals surface area (Å²) in [4.78, 5) is 14.8. The monoisotopic (exact) mass is 294 g/mol. The Kier molecular flexibility index (Phi) is 7.01. The van der Waals surface area contributed by atoms with Gasteiger partial charge in [0.2, 0.25) is 0 Å². The molecule has 110 valence electrons. The van der Waals surface area contributed by atoms with Gasteiger partial charge in [-0.15, -0.1) is 0 Å². The number of thiocarbonyl (C=S) groups is 1. The summed E-state index contributed by atoms with van der Waals surface area (Å²) in [6, 6.07) is 7.25. The average molecular weight is 294 g/mol. The van der Waals surface area contributed by atoms with Gasteiger partial charge in [0.25, 0.3) is 5.91 Å². The first kappa shape index (κ1) is 16.4. The van der Waals surface area contributed by atoms with E-state index in [1.807, 2.05) is 12.1 Å². The number of hydrogen-bond donors (Lipinski definition) is 1. The summed E-state index contributed by atoms with van der Waals surface area (Å²) < 4.78 is 5.25. The van der Waals surface area contributed by atoms with E-state index < -0.39 is 0 Å². The van der Waals surface area contributed by atoms with Gasteiger partial charge in [0.15, 0.2) is 0 Å².